The summed E-state index contributed by atoms with van der Waals surface area (Å²) in [6, 6.07) is 11.0. The molecule has 4 N–H and O–H groups in total. The average Bonchev–Trinajstić information content (AvgIpc) is 3.26. The average molecular weight is 536 g/mol. The monoisotopic (exact) mass is 535 g/mol. The van der Waals surface area contributed by atoms with Crippen LogP contribution in [0.1, 0.15) is 47.2 Å². The van der Waals surface area contributed by atoms with Crippen LogP contribution in [0.2, 0.25) is 0 Å². The molecule has 2 aliphatic rings. The number of halogens is 3. The molecule has 1 aliphatic carbocycles. The minimum Gasteiger partial charge on any atom is -0.496 e. The number of β-amino-alcohol motifs (C(OH)–C–C–N with tert-alkyl or cyclic N) is 1. The number of carbonyl (C=O) groups excluding carboxylic acids is 2. The number of nitrogens with zero attached hydrogens (tertiary/aromatic N) is 1. The molecule has 38 heavy (non-hydrogen) atoms. The van der Waals surface area contributed by atoms with Crippen LogP contribution in [0.15, 0.2) is 48.5 Å². The van der Waals surface area contributed by atoms with Crippen LogP contribution in [0.5, 0.6) is 5.75 Å². The molecule has 1 saturated carbocycles. The maximum absolute atomic E-state index is 12.9. The molecule has 1 saturated heterocycles. The normalized spacial score (nSPS) is 26.1. The number of methoxy groups -OCH3 is 1. The standard InChI is InChI=1S/C27H32F3N3O5/c1-38-23-8-3-2-7-20(23)26(37)11-9-19(10-12-26)33-15-21(22(34)16-33)32-24(35)14-31-25(36)17-5-4-6-18(13-17)27(28,29)30/h2-8,13,19,21-22,34,37H,9-12,14-16H2,1H3,(H,31,36)(H,32,35)/t19?,21-,22-,26?/m0/s1. The van der Waals surface area contributed by atoms with Gasteiger partial charge < -0.3 is 25.6 Å². The van der Waals surface area contributed by atoms with E-state index in [0.29, 0.717) is 44.5 Å². The van der Waals surface area contributed by atoms with Crippen molar-refractivity contribution < 1.29 is 37.7 Å². The molecule has 4 rings (SSSR count). The van der Waals surface area contributed by atoms with Crippen molar-refractivity contribution in [2.75, 3.05) is 26.7 Å². The number of amides is 2. The summed E-state index contributed by atoms with van der Waals surface area (Å²) in [6.07, 6.45) is -2.92. The maximum atomic E-state index is 12.9. The van der Waals surface area contributed by atoms with Crippen LogP contribution >= 0.6 is 0 Å². The highest BCUT2D eigenvalue weighted by Gasteiger charge is 2.42. The van der Waals surface area contributed by atoms with Gasteiger partial charge in [-0.15, -0.1) is 0 Å². The van der Waals surface area contributed by atoms with E-state index in [1.807, 2.05) is 24.3 Å². The topological polar surface area (TPSA) is 111 Å². The Labute approximate surface area is 218 Å². The highest BCUT2D eigenvalue weighted by atomic mass is 19.4. The zero-order valence-corrected chi connectivity index (χ0v) is 21.0. The van der Waals surface area contributed by atoms with Crippen LogP contribution < -0.4 is 15.4 Å². The van der Waals surface area contributed by atoms with Gasteiger partial charge in [0.2, 0.25) is 5.91 Å². The molecule has 0 unspecified atom stereocenters. The molecule has 2 aromatic rings. The van der Waals surface area contributed by atoms with Gasteiger partial charge in [0.25, 0.3) is 5.91 Å². The van der Waals surface area contributed by atoms with Gasteiger partial charge in [0.05, 0.1) is 37.0 Å². The first-order valence-corrected chi connectivity index (χ1v) is 12.5. The zero-order chi connectivity index (χ0) is 27.5. The molecule has 0 spiro atoms. The lowest BCUT2D eigenvalue weighted by atomic mass is 9.77. The summed E-state index contributed by atoms with van der Waals surface area (Å²) in [5.41, 5.74) is -1.38. The third-order valence-corrected chi connectivity index (χ3v) is 7.43. The largest absolute Gasteiger partial charge is 0.496 e. The van der Waals surface area contributed by atoms with Gasteiger partial charge in [0.1, 0.15) is 5.75 Å². The summed E-state index contributed by atoms with van der Waals surface area (Å²) in [7, 11) is 1.57. The van der Waals surface area contributed by atoms with Crippen molar-refractivity contribution in [3.63, 3.8) is 0 Å². The molecule has 2 aromatic carbocycles. The fourth-order valence-electron chi connectivity index (χ4n) is 5.36. The van der Waals surface area contributed by atoms with Crippen LogP contribution in [-0.2, 0) is 16.6 Å². The lowest BCUT2D eigenvalue weighted by molar-refractivity contribution is -0.137. The van der Waals surface area contributed by atoms with E-state index in [0.717, 1.165) is 23.8 Å². The number of para-hydroxylation sites is 1. The van der Waals surface area contributed by atoms with Gasteiger partial charge in [-0.1, -0.05) is 24.3 Å². The number of likely N-dealkylation sites (tertiary alicyclic amines) is 1. The molecular weight excluding hydrogens is 503 g/mol. The molecule has 2 atom stereocenters. The fraction of sp³-hybridized carbons (Fsp3) is 0.481. The smallest absolute Gasteiger partial charge is 0.416 e. The molecular formula is C27H32F3N3O5. The van der Waals surface area contributed by atoms with E-state index in [2.05, 4.69) is 15.5 Å². The molecule has 206 valence electrons. The van der Waals surface area contributed by atoms with Gasteiger partial charge in [0.15, 0.2) is 0 Å². The predicted octanol–water partition coefficient (Wildman–Crippen LogP) is 2.44. The Kier molecular flexibility index (Phi) is 8.29. The first kappa shape index (κ1) is 27.9. The Morgan fingerprint density at radius 1 is 1.11 bits per heavy atom. The number of rotatable bonds is 7. The van der Waals surface area contributed by atoms with Crippen LogP contribution in [0.4, 0.5) is 13.2 Å². The van der Waals surface area contributed by atoms with E-state index in [1.165, 1.54) is 6.07 Å². The van der Waals surface area contributed by atoms with Crippen molar-refractivity contribution in [1.82, 2.24) is 15.5 Å². The number of carbonyl (C=O) groups is 2. The second-order valence-corrected chi connectivity index (χ2v) is 9.92. The molecule has 2 amide bonds. The van der Waals surface area contributed by atoms with E-state index in [9.17, 15) is 33.0 Å². The van der Waals surface area contributed by atoms with Crippen molar-refractivity contribution in [3.05, 3.63) is 65.2 Å². The van der Waals surface area contributed by atoms with Crippen molar-refractivity contribution in [2.24, 2.45) is 0 Å². The number of nitrogens with one attached hydrogen (secondary N) is 2. The Balaban J connectivity index is 1.26. The minimum absolute atomic E-state index is 0.127. The summed E-state index contributed by atoms with van der Waals surface area (Å²) < 4.78 is 44.1. The van der Waals surface area contributed by atoms with Gasteiger partial charge in [-0.3, -0.25) is 14.5 Å². The molecule has 1 aliphatic heterocycles. The number of ether oxygens (including phenoxy) is 1. The van der Waals surface area contributed by atoms with E-state index in [1.54, 1.807) is 7.11 Å². The SMILES string of the molecule is COc1ccccc1C1(O)CCC(N2C[C@H](NC(=O)CNC(=O)c3cccc(C(F)(F)F)c3)[C@@H](O)C2)CC1. The predicted molar refractivity (Wildman–Crippen MR) is 132 cm³/mol. The number of aliphatic hydroxyl groups is 2. The molecule has 0 aromatic heterocycles. The van der Waals surface area contributed by atoms with E-state index < -0.39 is 47.8 Å². The van der Waals surface area contributed by atoms with Gasteiger partial charge in [-0.25, -0.2) is 0 Å². The Morgan fingerprint density at radius 3 is 2.50 bits per heavy atom. The van der Waals surface area contributed by atoms with Crippen LogP contribution in [0.25, 0.3) is 0 Å². The quantitative estimate of drug-likeness (QED) is 0.434. The summed E-state index contributed by atoms with van der Waals surface area (Å²) in [6.45, 7) is 0.333. The molecule has 8 nitrogen and oxygen atoms in total. The Bertz CT molecular complexity index is 1150. The van der Waals surface area contributed by atoms with E-state index >= 15 is 0 Å². The van der Waals surface area contributed by atoms with Gasteiger partial charge in [0, 0.05) is 30.3 Å². The van der Waals surface area contributed by atoms with Crippen LogP contribution in [0.3, 0.4) is 0 Å². The molecule has 0 radical (unpaired) electrons. The second-order valence-electron chi connectivity index (χ2n) is 9.92. The highest BCUT2D eigenvalue weighted by molar-refractivity contribution is 5.96. The van der Waals surface area contributed by atoms with Gasteiger partial charge in [-0.05, 0) is 49.9 Å². The number of hydrogen-bond donors (Lipinski definition) is 4. The van der Waals surface area contributed by atoms with Crippen LogP contribution in [-0.4, -0.2) is 71.9 Å². The van der Waals surface area contributed by atoms with E-state index in [-0.39, 0.29) is 11.6 Å². The maximum Gasteiger partial charge on any atom is 0.416 e. The summed E-state index contributed by atoms with van der Waals surface area (Å²) in [5.74, 6) is -0.706. The van der Waals surface area contributed by atoms with Crippen LogP contribution in [0, 0.1) is 0 Å². The highest BCUT2D eigenvalue weighted by Crippen LogP contribution is 2.42. The molecule has 1 heterocycles. The Morgan fingerprint density at radius 2 is 1.82 bits per heavy atom. The van der Waals surface area contributed by atoms with Crippen molar-refractivity contribution in [2.45, 2.75) is 55.6 Å². The summed E-state index contributed by atoms with van der Waals surface area (Å²) >= 11 is 0. The third-order valence-electron chi connectivity index (χ3n) is 7.43. The molecule has 2 fully saturated rings. The Hall–Kier alpha value is -3.15. The first-order valence-electron chi connectivity index (χ1n) is 12.5. The summed E-state index contributed by atoms with van der Waals surface area (Å²) in [5, 5.41) is 26.8. The van der Waals surface area contributed by atoms with Gasteiger partial charge in [-0.2, -0.15) is 13.2 Å². The van der Waals surface area contributed by atoms with Crippen molar-refractivity contribution in [1.29, 1.82) is 0 Å². The lowest BCUT2D eigenvalue weighted by Crippen LogP contribution is -2.47. The second kappa shape index (κ2) is 11.3. The molecule has 11 heteroatoms. The van der Waals surface area contributed by atoms with E-state index in [4.69, 9.17) is 4.74 Å². The number of benzene rings is 2. The minimum atomic E-state index is -4.58. The first-order chi connectivity index (χ1) is 18.0. The number of hydrogen-bond acceptors (Lipinski definition) is 6. The number of aliphatic hydroxyl groups excluding tert-OH is 1. The van der Waals surface area contributed by atoms with Crippen molar-refractivity contribution in [3.8, 4) is 5.75 Å². The zero-order valence-electron chi connectivity index (χ0n) is 21.0. The third kappa shape index (κ3) is 6.28. The summed E-state index contributed by atoms with van der Waals surface area (Å²) in [4.78, 5) is 26.7. The number of alkyl halides is 3. The molecule has 0 bridgehead atoms. The van der Waals surface area contributed by atoms with Gasteiger partial charge >= 0.3 is 6.18 Å². The van der Waals surface area contributed by atoms with Crippen molar-refractivity contribution >= 4 is 11.8 Å². The lowest BCUT2D eigenvalue weighted by Gasteiger charge is -2.40. The fourth-order valence-corrected chi connectivity index (χ4v) is 5.36.